The maximum Gasteiger partial charge on any atom is 0.227 e. The first-order valence-electron chi connectivity index (χ1n) is 13.2. The van der Waals surface area contributed by atoms with Crippen LogP contribution in [0.4, 0.5) is 11.6 Å². The number of halogens is 1. The van der Waals surface area contributed by atoms with Gasteiger partial charge in [-0.2, -0.15) is 0 Å². The summed E-state index contributed by atoms with van der Waals surface area (Å²) in [6, 6.07) is 13.2. The summed E-state index contributed by atoms with van der Waals surface area (Å²) in [4.78, 5) is 41.0. The zero-order valence-electron chi connectivity index (χ0n) is 22.0. The molecule has 9 nitrogen and oxygen atoms in total. The number of amides is 2. The topological polar surface area (TPSA) is 88.1 Å². The average Bonchev–Trinajstić information content (AvgIpc) is 3.20. The van der Waals surface area contributed by atoms with Crippen LogP contribution in [0.1, 0.15) is 30.9 Å². The van der Waals surface area contributed by atoms with Gasteiger partial charge in [-0.3, -0.25) is 9.59 Å². The number of anilines is 2. The molecule has 10 heteroatoms. The molecule has 0 N–H and O–H groups in total. The van der Waals surface area contributed by atoms with Gasteiger partial charge in [-0.15, -0.1) is 0 Å². The molecule has 2 aliphatic rings. The van der Waals surface area contributed by atoms with E-state index < -0.39 is 0 Å². The standard InChI is InChI=1S/C29H32ClN5O4/c1-21(36)35-12-5-11-33(29-31-9-4-10-32-29)13-14-34(20-23-7-2-3-8-25(23)35)27(37)19-22-17-24(30)28-26(18-22)38-15-6-16-39-28/h2-4,7-10,17-18H,5-6,11-16,19-20H2,1H3. The Kier molecular flexibility index (Phi) is 8.46. The summed E-state index contributed by atoms with van der Waals surface area (Å²) in [5.41, 5.74) is 2.50. The minimum absolute atomic E-state index is 0.0380. The van der Waals surface area contributed by atoms with Gasteiger partial charge in [0.25, 0.3) is 0 Å². The maximum atomic E-state index is 13.8. The fraction of sp³-hybridized carbons (Fsp3) is 0.379. The number of aromatic nitrogens is 2. The van der Waals surface area contributed by atoms with E-state index >= 15 is 0 Å². The van der Waals surface area contributed by atoms with Crippen molar-refractivity contribution in [2.24, 2.45) is 0 Å². The predicted molar refractivity (Wildman–Crippen MR) is 150 cm³/mol. The largest absolute Gasteiger partial charge is 0.489 e. The number of benzene rings is 2. The van der Waals surface area contributed by atoms with Crippen LogP contribution in [0.2, 0.25) is 5.02 Å². The Morgan fingerprint density at radius 2 is 1.74 bits per heavy atom. The summed E-state index contributed by atoms with van der Waals surface area (Å²) in [5.74, 6) is 1.60. The van der Waals surface area contributed by atoms with Gasteiger partial charge in [0.15, 0.2) is 11.5 Å². The Bertz CT molecular complexity index is 1320. The number of carbonyl (C=O) groups is 2. The Morgan fingerprint density at radius 1 is 0.949 bits per heavy atom. The molecule has 0 saturated heterocycles. The van der Waals surface area contributed by atoms with Gasteiger partial charge in [-0.25, -0.2) is 9.97 Å². The molecule has 0 atom stereocenters. The van der Waals surface area contributed by atoms with Crippen molar-refractivity contribution in [3.63, 3.8) is 0 Å². The molecule has 2 aliphatic heterocycles. The third-order valence-corrected chi connectivity index (χ3v) is 7.16. The predicted octanol–water partition coefficient (Wildman–Crippen LogP) is 4.13. The molecule has 0 unspecified atom stereocenters. The molecule has 3 heterocycles. The van der Waals surface area contributed by atoms with E-state index in [1.54, 1.807) is 36.4 Å². The molecule has 204 valence electrons. The maximum absolute atomic E-state index is 13.8. The summed E-state index contributed by atoms with van der Waals surface area (Å²) >= 11 is 6.51. The summed E-state index contributed by atoms with van der Waals surface area (Å²) < 4.78 is 11.6. The molecule has 0 radical (unpaired) electrons. The van der Waals surface area contributed by atoms with E-state index in [1.807, 2.05) is 35.2 Å². The van der Waals surface area contributed by atoms with E-state index in [0.29, 0.717) is 68.4 Å². The van der Waals surface area contributed by atoms with Gasteiger partial charge >= 0.3 is 0 Å². The van der Waals surface area contributed by atoms with Gasteiger partial charge in [0.1, 0.15) is 0 Å². The van der Waals surface area contributed by atoms with Crippen LogP contribution < -0.4 is 19.3 Å². The molecule has 5 rings (SSSR count). The summed E-state index contributed by atoms with van der Waals surface area (Å²) in [6.45, 7) is 5.23. The third kappa shape index (κ3) is 6.42. The Morgan fingerprint density at radius 3 is 2.56 bits per heavy atom. The van der Waals surface area contributed by atoms with Crippen LogP contribution in [0.5, 0.6) is 11.5 Å². The minimum atomic E-state index is -0.0575. The van der Waals surface area contributed by atoms with Crippen molar-refractivity contribution in [3.05, 3.63) is 71.0 Å². The average molecular weight is 550 g/mol. The first-order chi connectivity index (χ1) is 19.0. The molecule has 0 aliphatic carbocycles. The van der Waals surface area contributed by atoms with Crippen molar-refractivity contribution >= 4 is 35.1 Å². The SMILES string of the molecule is CC(=O)N1CCCN(c2ncccn2)CCN(C(=O)Cc2cc(Cl)c3c(c2)OCCCO3)Cc2ccccc21. The number of fused-ring (bicyclic) bond motifs is 2. The molecule has 2 aromatic carbocycles. The molecule has 39 heavy (non-hydrogen) atoms. The Labute approximate surface area is 233 Å². The smallest absolute Gasteiger partial charge is 0.227 e. The van der Waals surface area contributed by atoms with E-state index in [2.05, 4.69) is 14.9 Å². The second-order valence-corrected chi connectivity index (χ2v) is 10.0. The van der Waals surface area contributed by atoms with E-state index in [4.69, 9.17) is 21.1 Å². The molecule has 3 aromatic rings. The van der Waals surface area contributed by atoms with Crippen molar-refractivity contribution in [3.8, 4) is 11.5 Å². The fourth-order valence-electron chi connectivity index (χ4n) is 4.95. The number of hydrogen-bond donors (Lipinski definition) is 0. The molecule has 0 bridgehead atoms. The zero-order valence-corrected chi connectivity index (χ0v) is 22.8. The van der Waals surface area contributed by atoms with Gasteiger partial charge in [0.05, 0.1) is 24.7 Å². The molecule has 0 fully saturated rings. The van der Waals surface area contributed by atoms with Crippen molar-refractivity contribution in [2.45, 2.75) is 32.7 Å². The quantitative estimate of drug-likeness (QED) is 0.485. The number of nitrogens with zero attached hydrogens (tertiary/aromatic N) is 5. The van der Waals surface area contributed by atoms with Crippen LogP contribution in [-0.2, 0) is 22.6 Å². The summed E-state index contributed by atoms with van der Waals surface area (Å²) in [5, 5.41) is 0.435. The van der Waals surface area contributed by atoms with Crippen LogP contribution in [0, 0.1) is 0 Å². The zero-order chi connectivity index (χ0) is 27.2. The van der Waals surface area contributed by atoms with Gasteiger partial charge < -0.3 is 24.2 Å². The van der Waals surface area contributed by atoms with Crippen molar-refractivity contribution in [1.82, 2.24) is 14.9 Å². The van der Waals surface area contributed by atoms with Gasteiger partial charge in [-0.1, -0.05) is 29.8 Å². The Hall–Kier alpha value is -3.85. The molecule has 2 amide bonds. The second kappa shape index (κ2) is 12.3. The highest BCUT2D eigenvalue weighted by molar-refractivity contribution is 6.32. The molecule has 0 spiro atoms. The monoisotopic (exact) mass is 549 g/mol. The number of ether oxygens (including phenoxy) is 2. The molecular formula is C29H32ClN5O4. The third-order valence-electron chi connectivity index (χ3n) is 6.88. The Balaban J connectivity index is 1.45. The molecular weight excluding hydrogens is 518 g/mol. The van der Waals surface area contributed by atoms with E-state index in [-0.39, 0.29) is 18.2 Å². The lowest BCUT2D eigenvalue weighted by atomic mass is 10.1. The molecule has 1 aromatic heterocycles. The first kappa shape index (κ1) is 26.7. The highest BCUT2D eigenvalue weighted by Gasteiger charge is 2.24. The normalized spacial score (nSPS) is 16.1. The van der Waals surface area contributed by atoms with Crippen LogP contribution >= 0.6 is 11.6 Å². The van der Waals surface area contributed by atoms with Gasteiger partial charge in [0, 0.05) is 64.1 Å². The van der Waals surface area contributed by atoms with Crippen molar-refractivity contribution in [2.75, 3.05) is 49.2 Å². The lowest BCUT2D eigenvalue weighted by Gasteiger charge is -2.28. The minimum Gasteiger partial charge on any atom is -0.489 e. The molecule has 0 saturated carbocycles. The van der Waals surface area contributed by atoms with Crippen LogP contribution in [0.3, 0.4) is 0 Å². The number of carbonyl (C=O) groups excluding carboxylic acids is 2. The number of para-hydroxylation sites is 1. The van der Waals surface area contributed by atoms with Crippen LogP contribution in [0.15, 0.2) is 54.9 Å². The summed E-state index contributed by atoms with van der Waals surface area (Å²) in [7, 11) is 0. The van der Waals surface area contributed by atoms with E-state index in [1.165, 1.54) is 0 Å². The lowest BCUT2D eigenvalue weighted by Crippen LogP contribution is -2.40. The highest BCUT2D eigenvalue weighted by atomic mass is 35.5. The van der Waals surface area contributed by atoms with Crippen molar-refractivity contribution < 1.29 is 19.1 Å². The number of rotatable bonds is 3. The fourth-order valence-corrected chi connectivity index (χ4v) is 5.24. The lowest BCUT2D eigenvalue weighted by molar-refractivity contribution is -0.131. The van der Waals surface area contributed by atoms with Crippen LogP contribution in [0.25, 0.3) is 0 Å². The second-order valence-electron chi connectivity index (χ2n) is 9.64. The highest BCUT2D eigenvalue weighted by Crippen LogP contribution is 2.38. The number of hydrogen-bond acceptors (Lipinski definition) is 7. The van der Waals surface area contributed by atoms with E-state index in [9.17, 15) is 9.59 Å². The van der Waals surface area contributed by atoms with Crippen molar-refractivity contribution in [1.29, 1.82) is 0 Å². The summed E-state index contributed by atoms with van der Waals surface area (Å²) in [6.07, 6.45) is 5.07. The van der Waals surface area contributed by atoms with Gasteiger partial charge in [-0.05, 0) is 41.8 Å². The first-order valence-corrected chi connectivity index (χ1v) is 13.6. The van der Waals surface area contributed by atoms with Crippen LogP contribution in [-0.4, -0.2) is 66.1 Å². The van der Waals surface area contributed by atoms with Gasteiger partial charge in [0.2, 0.25) is 17.8 Å². The van der Waals surface area contributed by atoms with E-state index in [0.717, 1.165) is 29.7 Å².